The summed E-state index contributed by atoms with van der Waals surface area (Å²) in [6, 6.07) is 5.83. The number of nitrogens with zero attached hydrogens (tertiary/aromatic N) is 1. The summed E-state index contributed by atoms with van der Waals surface area (Å²) < 4.78 is 11.1. The Kier molecular flexibility index (Phi) is 4.98. The van der Waals surface area contributed by atoms with Crippen molar-refractivity contribution in [3.8, 4) is 5.75 Å². The van der Waals surface area contributed by atoms with Crippen molar-refractivity contribution in [1.29, 1.82) is 0 Å². The van der Waals surface area contributed by atoms with Gasteiger partial charge in [-0.3, -0.25) is 4.79 Å². The minimum absolute atomic E-state index is 0.000440. The van der Waals surface area contributed by atoms with Crippen LogP contribution in [-0.4, -0.2) is 43.2 Å². The molecule has 110 valence electrons. The Hall–Kier alpha value is -1.59. The summed E-state index contributed by atoms with van der Waals surface area (Å²) >= 11 is 0. The molecule has 0 spiro atoms. The Morgan fingerprint density at radius 2 is 2.15 bits per heavy atom. The number of hydrogen-bond donors (Lipinski definition) is 1. The second-order valence-corrected chi connectivity index (χ2v) is 4.97. The number of ether oxygens (including phenoxy) is 2. The number of rotatable bonds is 4. The van der Waals surface area contributed by atoms with Gasteiger partial charge in [0.15, 0.2) is 6.10 Å². The topological polar surface area (TPSA) is 64.8 Å². The number of nitrogens with two attached hydrogens (primary N) is 1. The molecule has 1 heterocycles. The van der Waals surface area contributed by atoms with Crippen molar-refractivity contribution in [2.75, 3.05) is 26.3 Å². The Labute approximate surface area is 119 Å². The summed E-state index contributed by atoms with van der Waals surface area (Å²) in [5.74, 6) is 0.726. The lowest BCUT2D eigenvalue weighted by molar-refractivity contribution is -0.142. The van der Waals surface area contributed by atoms with Crippen LogP contribution in [0.4, 0.5) is 0 Å². The van der Waals surface area contributed by atoms with E-state index in [1.165, 1.54) is 0 Å². The molecule has 0 saturated carbocycles. The zero-order valence-corrected chi connectivity index (χ0v) is 12.1. The summed E-state index contributed by atoms with van der Waals surface area (Å²) in [6.45, 7) is 6.59. The number of hydrogen-bond acceptors (Lipinski definition) is 4. The number of aryl methyl sites for hydroxylation is 1. The first-order valence-corrected chi connectivity index (χ1v) is 6.95. The van der Waals surface area contributed by atoms with E-state index in [2.05, 4.69) is 0 Å². The average Bonchev–Trinajstić information content (AvgIpc) is 2.49. The quantitative estimate of drug-likeness (QED) is 0.895. The van der Waals surface area contributed by atoms with E-state index in [0.29, 0.717) is 32.8 Å². The lowest BCUT2D eigenvalue weighted by Crippen LogP contribution is -2.46. The van der Waals surface area contributed by atoms with Crippen LogP contribution in [0.3, 0.4) is 0 Å². The fourth-order valence-corrected chi connectivity index (χ4v) is 2.31. The van der Waals surface area contributed by atoms with Crippen LogP contribution in [0.5, 0.6) is 5.75 Å². The van der Waals surface area contributed by atoms with Crippen LogP contribution in [0.1, 0.15) is 18.1 Å². The molecule has 1 aromatic rings. The molecule has 1 aromatic carbocycles. The third-order valence-electron chi connectivity index (χ3n) is 3.48. The van der Waals surface area contributed by atoms with Gasteiger partial charge in [0.2, 0.25) is 0 Å². The van der Waals surface area contributed by atoms with E-state index in [9.17, 15) is 4.79 Å². The standard InChI is InChI=1S/C15H22N2O3/c1-11-4-3-5-13(10-16)14(11)20-12(2)15(18)17-6-8-19-9-7-17/h3-5,12H,6-10,16H2,1-2H3. The first-order valence-electron chi connectivity index (χ1n) is 6.95. The van der Waals surface area contributed by atoms with Gasteiger partial charge in [-0.2, -0.15) is 0 Å². The Balaban J connectivity index is 2.07. The van der Waals surface area contributed by atoms with Crippen LogP contribution in [-0.2, 0) is 16.1 Å². The van der Waals surface area contributed by atoms with Gasteiger partial charge in [-0.1, -0.05) is 18.2 Å². The van der Waals surface area contributed by atoms with Gasteiger partial charge in [-0.25, -0.2) is 0 Å². The van der Waals surface area contributed by atoms with E-state index in [-0.39, 0.29) is 5.91 Å². The Morgan fingerprint density at radius 3 is 2.80 bits per heavy atom. The zero-order chi connectivity index (χ0) is 14.5. The van der Waals surface area contributed by atoms with Gasteiger partial charge in [0.05, 0.1) is 13.2 Å². The number of morpholine rings is 1. The van der Waals surface area contributed by atoms with Crippen molar-refractivity contribution < 1.29 is 14.3 Å². The molecule has 2 N–H and O–H groups in total. The molecule has 1 atom stereocenters. The summed E-state index contributed by atoms with van der Waals surface area (Å²) in [6.07, 6.45) is -0.514. The highest BCUT2D eigenvalue weighted by molar-refractivity contribution is 5.81. The molecule has 2 rings (SSSR count). The lowest BCUT2D eigenvalue weighted by atomic mass is 10.1. The molecule has 0 bridgehead atoms. The predicted octanol–water partition coefficient (Wildman–Crippen LogP) is 1.08. The number of para-hydroxylation sites is 1. The first kappa shape index (κ1) is 14.8. The van der Waals surface area contributed by atoms with Crippen molar-refractivity contribution in [2.24, 2.45) is 5.73 Å². The van der Waals surface area contributed by atoms with Crippen LogP contribution >= 0.6 is 0 Å². The summed E-state index contributed by atoms with van der Waals surface area (Å²) in [5, 5.41) is 0. The van der Waals surface area contributed by atoms with E-state index in [4.69, 9.17) is 15.2 Å². The minimum atomic E-state index is -0.514. The minimum Gasteiger partial charge on any atom is -0.480 e. The lowest BCUT2D eigenvalue weighted by Gasteiger charge is -2.29. The monoisotopic (exact) mass is 278 g/mol. The maximum absolute atomic E-state index is 12.3. The van der Waals surface area contributed by atoms with Gasteiger partial charge in [0, 0.05) is 25.2 Å². The van der Waals surface area contributed by atoms with Crippen molar-refractivity contribution >= 4 is 5.91 Å². The second-order valence-electron chi connectivity index (χ2n) is 4.97. The van der Waals surface area contributed by atoms with Crippen LogP contribution < -0.4 is 10.5 Å². The zero-order valence-electron chi connectivity index (χ0n) is 12.1. The van der Waals surface area contributed by atoms with Gasteiger partial charge in [-0.05, 0) is 19.4 Å². The fourth-order valence-electron chi connectivity index (χ4n) is 2.31. The highest BCUT2D eigenvalue weighted by Gasteiger charge is 2.24. The second kappa shape index (κ2) is 6.72. The number of carbonyl (C=O) groups is 1. The van der Waals surface area contributed by atoms with E-state index in [0.717, 1.165) is 16.9 Å². The van der Waals surface area contributed by atoms with E-state index < -0.39 is 6.10 Å². The molecular formula is C15H22N2O3. The van der Waals surface area contributed by atoms with E-state index in [1.807, 2.05) is 25.1 Å². The normalized spacial score (nSPS) is 16.9. The molecule has 0 radical (unpaired) electrons. The SMILES string of the molecule is Cc1cccc(CN)c1OC(C)C(=O)N1CCOCC1. The van der Waals surface area contributed by atoms with Crippen molar-refractivity contribution in [1.82, 2.24) is 4.90 Å². The fraction of sp³-hybridized carbons (Fsp3) is 0.533. The molecule has 5 heteroatoms. The van der Waals surface area contributed by atoms with Crippen LogP contribution in [0.25, 0.3) is 0 Å². The highest BCUT2D eigenvalue weighted by atomic mass is 16.5. The number of amides is 1. The van der Waals surface area contributed by atoms with Gasteiger partial charge in [-0.15, -0.1) is 0 Å². The van der Waals surface area contributed by atoms with Crippen LogP contribution in [0, 0.1) is 6.92 Å². The van der Waals surface area contributed by atoms with Crippen LogP contribution in [0.2, 0.25) is 0 Å². The molecular weight excluding hydrogens is 256 g/mol. The van der Waals surface area contributed by atoms with Gasteiger partial charge in [0.25, 0.3) is 5.91 Å². The molecule has 20 heavy (non-hydrogen) atoms. The molecule has 0 aromatic heterocycles. The molecule has 1 saturated heterocycles. The summed E-state index contributed by atoms with van der Waals surface area (Å²) in [7, 11) is 0. The third kappa shape index (κ3) is 3.29. The average molecular weight is 278 g/mol. The molecule has 1 aliphatic rings. The number of benzene rings is 1. The summed E-state index contributed by atoms with van der Waals surface area (Å²) in [5.41, 5.74) is 7.64. The van der Waals surface area contributed by atoms with Crippen molar-refractivity contribution in [3.63, 3.8) is 0 Å². The van der Waals surface area contributed by atoms with Crippen LogP contribution in [0.15, 0.2) is 18.2 Å². The van der Waals surface area contributed by atoms with Gasteiger partial charge >= 0.3 is 0 Å². The Morgan fingerprint density at radius 1 is 1.45 bits per heavy atom. The molecule has 1 unspecified atom stereocenters. The Bertz CT molecular complexity index is 470. The smallest absolute Gasteiger partial charge is 0.263 e. The maximum Gasteiger partial charge on any atom is 0.263 e. The molecule has 1 aliphatic heterocycles. The molecule has 1 amide bonds. The molecule has 5 nitrogen and oxygen atoms in total. The predicted molar refractivity (Wildman–Crippen MR) is 76.6 cm³/mol. The molecule has 1 fully saturated rings. The van der Waals surface area contributed by atoms with E-state index >= 15 is 0 Å². The maximum atomic E-state index is 12.3. The first-order chi connectivity index (χ1) is 9.63. The number of carbonyl (C=O) groups excluding carboxylic acids is 1. The highest BCUT2D eigenvalue weighted by Crippen LogP contribution is 2.24. The van der Waals surface area contributed by atoms with E-state index in [1.54, 1.807) is 11.8 Å². The summed E-state index contributed by atoms with van der Waals surface area (Å²) in [4.78, 5) is 14.1. The van der Waals surface area contributed by atoms with Crippen molar-refractivity contribution in [3.05, 3.63) is 29.3 Å². The van der Waals surface area contributed by atoms with Gasteiger partial charge in [0.1, 0.15) is 5.75 Å². The third-order valence-corrected chi connectivity index (χ3v) is 3.48. The van der Waals surface area contributed by atoms with Gasteiger partial charge < -0.3 is 20.1 Å². The largest absolute Gasteiger partial charge is 0.480 e. The van der Waals surface area contributed by atoms with Crippen molar-refractivity contribution in [2.45, 2.75) is 26.5 Å². The molecule has 0 aliphatic carbocycles.